The van der Waals surface area contributed by atoms with Gasteiger partial charge in [0.2, 0.25) is 0 Å². The Morgan fingerprint density at radius 1 is 1.15 bits per heavy atom. The van der Waals surface area contributed by atoms with Crippen LogP contribution in [0, 0.1) is 6.92 Å². The number of carbonyl (C=O) groups excluding carboxylic acids is 1. The summed E-state index contributed by atoms with van der Waals surface area (Å²) in [6.07, 6.45) is 8.54. The number of aryl methyl sites for hydroxylation is 1. The van der Waals surface area contributed by atoms with Crippen molar-refractivity contribution in [3.8, 4) is 0 Å². The van der Waals surface area contributed by atoms with Gasteiger partial charge in [0.15, 0.2) is 0 Å². The Kier molecular flexibility index (Phi) is 4.93. The van der Waals surface area contributed by atoms with E-state index in [0.29, 0.717) is 17.2 Å². The largest absolute Gasteiger partial charge is 0.465 e. The number of carbonyl (C=O) groups is 1. The fourth-order valence-corrected chi connectivity index (χ4v) is 2.87. The average molecular weight is 277 g/mol. The standard InChI is InChI=1S/C15H23N3O2/c1-10-12(15(19)20-2)13(16)18-14(17-10)11-8-6-4-3-5-7-9-11/h11H,3-9H2,1-2H3,(H2,16,17,18). The van der Waals surface area contributed by atoms with Gasteiger partial charge in [0.25, 0.3) is 0 Å². The topological polar surface area (TPSA) is 78.1 Å². The van der Waals surface area contributed by atoms with Crippen molar-refractivity contribution in [2.45, 2.75) is 57.8 Å². The molecule has 0 radical (unpaired) electrons. The molecule has 1 fully saturated rings. The van der Waals surface area contributed by atoms with E-state index in [9.17, 15) is 4.79 Å². The van der Waals surface area contributed by atoms with Gasteiger partial charge in [-0.25, -0.2) is 14.8 Å². The van der Waals surface area contributed by atoms with Gasteiger partial charge in [-0.2, -0.15) is 0 Å². The highest BCUT2D eigenvalue weighted by Crippen LogP contribution is 2.30. The summed E-state index contributed by atoms with van der Waals surface area (Å²) in [6, 6.07) is 0. The van der Waals surface area contributed by atoms with Gasteiger partial charge < -0.3 is 10.5 Å². The number of hydrogen-bond acceptors (Lipinski definition) is 5. The Labute approximate surface area is 119 Å². The molecule has 5 heteroatoms. The van der Waals surface area contributed by atoms with E-state index in [0.717, 1.165) is 18.7 Å². The van der Waals surface area contributed by atoms with Crippen molar-refractivity contribution in [1.82, 2.24) is 9.97 Å². The van der Waals surface area contributed by atoms with E-state index in [-0.39, 0.29) is 5.82 Å². The quantitative estimate of drug-likeness (QED) is 0.841. The summed E-state index contributed by atoms with van der Waals surface area (Å²) in [7, 11) is 1.34. The first-order chi connectivity index (χ1) is 9.63. The first kappa shape index (κ1) is 14.8. The van der Waals surface area contributed by atoms with Crippen LogP contribution in [0.5, 0.6) is 0 Å². The molecule has 1 heterocycles. The van der Waals surface area contributed by atoms with Crippen LogP contribution < -0.4 is 5.73 Å². The Balaban J connectivity index is 2.26. The van der Waals surface area contributed by atoms with Crippen molar-refractivity contribution in [3.63, 3.8) is 0 Å². The number of esters is 1. The Bertz CT molecular complexity index is 457. The molecule has 1 aliphatic carbocycles. The summed E-state index contributed by atoms with van der Waals surface area (Å²) in [4.78, 5) is 20.5. The van der Waals surface area contributed by atoms with Gasteiger partial charge in [0, 0.05) is 5.92 Å². The number of nitrogens with zero attached hydrogens (tertiary/aromatic N) is 2. The zero-order chi connectivity index (χ0) is 14.5. The van der Waals surface area contributed by atoms with E-state index in [1.54, 1.807) is 6.92 Å². The molecule has 0 aliphatic heterocycles. The third-order valence-electron chi connectivity index (χ3n) is 4.00. The molecule has 1 saturated carbocycles. The van der Waals surface area contributed by atoms with Crippen LogP contribution in [0.1, 0.15) is 72.7 Å². The molecular weight excluding hydrogens is 254 g/mol. The lowest BCUT2D eigenvalue weighted by atomic mass is 9.90. The van der Waals surface area contributed by atoms with Crippen molar-refractivity contribution in [2.75, 3.05) is 12.8 Å². The van der Waals surface area contributed by atoms with Crippen LogP contribution in [-0.2, 0) is 4.74 Å². The number of anilines is 1. The highest BCUT2D eigenvalue weighted by molar-refractivity contribution is 5.95. The smallest absolute Gasteiger partial charge is 0.343 e. The van der Waals surface area contributed by atoms with Crippen molar-refractivity contribution < 1.29 is 9.53 Å². The lowest BCUT2D eigenvalue weighted by Crippen LogP contribution is -2.16. The molecule has 0 atom stereocenters. The van der Waals surface area contributed by atoms with E-state index in [1.807, 2.05) is 0 Å². The number of methoxy groups -OCH3 is 1. The summed E-state index contributed by atoms with van der Waals surface area (Å²) >= 11 is 0. The van der Waals surface area contributed by atoms with Gasteiger partial charge in [0.1, 0.15) is 17.2 Å². The third kappa shape index (κ3) is 3.26. The zero-order valence-electron chi connectivity index (χ0n) is 12.3. The predicted molar refractivity (Wildman–Crippen MR) is 77.6 cm³/mol. The first-order valence-corrected chi connectivity index (χ1v) is 7.35. The maximum atomic E-state index is 11.7. The van der Waals surface area contributed by atoms with Crippen molar-refractivity contribution >= 4 is 11.8 Å². The second-order valence-electron chi connectivity index (χ2n) is 5.46. The van der Waals surface area contributed by atoms with Crippen LogP contribution in [-0.4, -0.2) is 23.0 Å². The van der Waals surface area contributed by atoms with E-state index in [4.69, 9.17) is 10.5 Å². The first-order valence-electron chi connectivity index (χ1n) is 7.35. The van der Waals surface area contributed by atoms with Crippen LogP contribution >= 0.6 is 0 Å². The Morgan fingerprint density at radius 2 is 1.75 bits per heavy atom. The van der Waals surface area contributed by atoms with E-state index in [1.165, 1.54) is 39.2 Å². The molecule has 5 nitrogen and oxygen atoms in total. The molecule has 0 bridgehead atoms. The summed E-state index contributed by atoms with van der Waals surface area (Å²) in [5.74, 6) is 0.920. The third-order valence-corrected chi connectivity index (χ3v) is 4.00. The fraction of sp³-hybridized carbons (Fsp3) is 0.667. The maximum Gasteiger partial charge on any atom is 0.343 e. The van der Waals surface area contributed by atoms with Gasteiger partial charge in [-0.1, -0.05) is 32.1 Å². The van der Waals surface area contributed by atoms with Gasteiger partial charge >= 0.3 is 5.97 Å². The van der Waals surface area contributed by atoms with E-state index >= 15 is 0 Å². The summed E-state index contributed by atoms with van der Waals surface area (Å²) in [6.45, 7) is 1.79. The molecule has 2 N–H and O–H groups in total. The van der Waals surface area contributed by atoms with Gasteiger partial charge in [0.05, 0.1) is 12.8 Å². The lowest BCUT2D eigenvalue weighted by molar-refractivity contribution is 0.0600. The molecule has 0 unspecified atom stereocenters. The van der Waals surface area contributed by atoms with Crippen LogP contribution in [0.25, 0.3) is 0 Å². The maximum absolute atomic E-state index is 11.7. The molecule has 1 aliphatic rings. The summed E-state index contributed by atoms with van der Waals surface area (Å²) < 4.78 is 4.72. The highest BCUT2D eigenvalue weighted by Gasteiger charge is 2.22. The van der Waals surface area contributed by atoms with Crippen LogP contribution in [0.4, 0.5) is 5.82 Å². The minimum atomic E-state index is -0.468. The minimum Gasteiger partial charge on any atom is -0.465 e. The molecule has 1 aromatic heterocycles. The minimum absolute atomic E-state index is 0.237. The lowest BCUT2D eigenvalue weighted by Gasteiger charge is -2.19. The molecule has 2 rings (SSSR count). The SMILES string of the molecule is COC(=O)c1c(C)nc(C2CCCCCCC2)nc1N. The second kappa shape index (κ2) is 6.68. The number of nitrogens with two attached hydrogens (primary N) is 1. The normalized spacial score (nSPS) is 17.3. The molecule has 0 saturated heterocycles. The molecule has 0 amide bonds. The fourth-order valence-electron chi connectivity index (χ4n) is 2.87. The van der Waals surface area contributed by atoms with Crippen LogP contribution in [0.15, 0.2) is 0 Å². The van der Waals surface area contributed by atoms with E-state index < -0.39 is 5.97 Å². The second-order valence-corrected chi connectivity index (χ2v) is 5.46. The molecule has 110 valence electrons. The average Bonchev–Trinajstić information content (AvgIpc) is 2.37. The highest BCUT2D eigenvalue weighted by atomic mass is 16.5. The molecule has 20 heavy (non-hydrogen) atoms. The molecule has 0 aromatic carbocycles. The molecule has 1 aromatic rings. The number of ether oxygens (including phenoxy) is 1. The van der Waals surface area contributed by atoms with Gasteiger partial charge in [-0.3, -0.25) is 0 Å². The van der Waals surface area contributed by atoms with Crippen molar-refractivity contribution in [3.05, 3.63) is 17.1 Å². The van der Waals surface area contributed by atoms with Crippen LogP contribution in [0.3, 0.4) is 0 Å². The number of nitrogen functional groups attached to an aromatic ring is 1. The molecule has 0 spiro atoms. The number of rotatable bonds is 2. The van der Waals surface area contributed by atoms with Crippen molar-refractivity contribution in [1.29, 1.82) is 0 Å². The number of hydrogen-bond donors (Lipinski definition) is 1. The van der Waals surface area contributed by atoms with Gasteiger partial charge in [-0.15, -0.1) is 0 Å². The Hall–Kier alpha value is -1.65. The predicted octanol–water partition coefficient (Wildman–Crippen LogP) is 2.98. The monoisotopic (exact) mass is 277 g/mol. The van der Waals surface area contributed by atoms with Crippen LogP contribution in [0.2, 0.25) is 0 Å². The van der Waals surface area contributed by atoms with Crippen molar-refractivity contribution in [2.24, 2.45) is 0 Å². The van der Waals surface area contributed by atoms with E-state index in [2.05, 4.69) is 9.97 Å². The Morgan fingerprint density at radius 3 is 2.30 bits per heavy atom. The summed E-state index contributed by atoms with van der Waals surface area (Å²) in [5, 5.41) is 0. The summed E-state index contributed by atoms with van der Waals surface area (Å²) in [5.41, 5.74) is 6.83. The zero-order valence-corrected chi connectivity index (χ0v) is 12.3. The number of aromatic nitrogens is 2. The molecular formula is C15H23N3O2. The van der Waals surface area contributed by atoms with Gasteiger partial charge in [-0.05, 0) is 19.8 Å².